The molecule has 0 radical (unpaired) electrons. The molecule has 1 aliphatic heterocycles. The maximum Gasteiger partial charge on any atom is 0.266 e. The quantitative estimate of drug-likeness (QED) is 0.851. The number of carbonyl (C=O) groups is 1. The van der Waals surface area contributed by atoms with Crippen molar-refractivity contribution in [2.24, 2.45) is 5.73 Å². The second kappa shape index (κ2) is 6.69. The van der Waals surface area contributed by atoms with Crippen LogP contribution in [0.1, 0.15) is 17.4 Å². The monoisotopic (exact) mass is 337 g/mol. The first-order chi connectivity index (χ1) is 11.1. The number of hydrogen-bond acceptors (Lipinski definition) is 4. The molecule has 1 aliphatic rings. The molecular weight excluding hydrogens is 318 g/mol. The van der Waals surface area contributed by atoms with E-state index in [9.17, 15) is 9.00 Å². The minimum Gasteiger partial charge on any atom is -0.494 e. The van der Waals surface area contributed by atoms with E-state index >= 15 is 0 Å². The third-order valence-corrected chi connectivity index (χ3v) is 5.27. The number of H-pyrrole nitrogens is 1. The van der Waals surface area contributed by atoms with E-state index in [2.05, 4.69) is 4.98 Å². The predicted octanol–water partition coefficient (Wildman–Crippen LogP) is 1.02. The molecule has 1 amide bonds. The van der Waals surface area contributed by atoms with Crippen molar-refractivity contribution in [2.75, 3.05) is 32.9 Å². The molecule has 1 aromatic heterocycles. The van der Waals surface area contributed by atoms with Crippen molar-refractivity contribution >= 4 is 27.8 Å². The van der Waals surface area contributed by atoms with Gasteiger partial charge in [-0.2, -0.15) is 0 Å². The van der Waals surface area contributed by atoms with Crippen LogP contribution in [0.2, 0.25) is 0 Å². The summed E-state index contributed by atoms with van der Waals surface area (Å²) >= 11 is 0. The van der Waals surface area contributed by atoms with Crippen LogP contribution in [-0.2, 0) is 15.7 Å². The standard InChI is InChI=1S/C15H19N3O4S/c1-2-22-10-3-4-12-11(9-10)14(13(17-12)15(16)19)23(20)18-5-7-21-8-6-18/h3-4,9,17H,2,5-8H2,1H3,(H2,16,19). The Kier molecular flexibility index (Phi) is 4.65. The smallest absolute Gasteiger partial charge is 0.266 e. The van der Waals surface area contributed by atoms with E-state index in [1.54, 1.807) is 22.5 Å². The highest BCUT2D eigenvalue weighted by molar-refractivity contribution is 7.83. The minimum atomic E-state index is -1.49. The van der Waals surface area contributed by atoms with Gasteiger partial charge >= 0.3 is 0 Å². The molecule has 1 atom stereocenters. The molecule has 1 saturated heterocycles. The molecular formula is C15H19N3O4S. The van der Waals surface area contributed by atoms with Crippen LogP contribution < -0.4 is 10.5 Å². The third-order valence-electron chi connectivity index (χ3n) is 3.66. The molecule has 124 valence electrons. The number of rotatable bonds is 5. The van der Waals surface area contributed by atoms with Crippen LogP contribution in [0.3, 0.4) is 0 Å². The average molecular weight is 337 g/mol. The summed E-state index contributed by atoms with van der Waals surface area (Å²) in [6.07, 6.45) is 0. The van der Waals surface area contributed by atoms with E-state index in [-0.39, 0.29) is 5.69 Å². The van der Waals surface area contributed by atoms with Gasteiger partial charge in [-0.15, -0.1) is 0 Å². The zero-order valence-corrected chi connectivity index (χ0v) is 13.6. The van der Waals surface area contributed by atoms with E-state index in [4.69, 9.17) is 15.2 Å². The van der Waals surface area contributed by atoms with Crippen LogP contribution >= 0.6 is 0 Å². The molecule has 3 rings (SSSR count). The molecule has 1 unspecified atom stereocenters. The summed E-state index contributed by atoms with van der Waals surface area (Å²) in [5.74, 6) is 0.0333. The van der Waals surface area contributed by atoms with Gasteiger partial charge in [0.2, 0.25) is 0 Å². The number of aromatic nitrogens is 1. The number of nitrogens with zero attached hydrogens (tertiary/aromatic N) is 1. The highest BCUT2D eigenvalue weighted by Crippen LogP contribution is 2.30. The highest BCUT2D eigenvalue weighted by Gasteiger charge is 2.26. The Labute approximate surface area is 136 Å². The predicted molar refractivity (Wildman–Crippen MR) is 86.8 cm³/mol. The van der Waals surface area contributed by atoms with Crippen molar-refractivity contribution in [1.29, 1.82) is 0 Å². The Morgan fingerprint density at radius 2 is 2.17 bits per heavy atom. The number of primary amides is 1. The largest absolute Gasteiger partial charge is 0.494 e. The number of fused-ring (bicyclic) bond motifs is 1. The van der Waals surface area contributed by atoms with E-state index in [0.717, 1.165) is 0 Å². The molecule has 0 bridgehead atoms. The first kappa shape index (κ1) is 16.0. The van der Waals surface area contributed by atoms with Gasteiger partial charge in [-0.25, -0.2) is 8.51 Å². The van der Waals surface area contributed by atoms with Crippen molar-refractivity contribution in [2.45, 2.75) is 11.8 Å². The van der Waals surface area contributed by atoms with Gasteiger partial charge in [0.1, 0.15) is 22.4 Å². The number of morpholine rings is 1. The lowest BCUT2D eigenvalue weighted by Gasteiger charge is -2.25. The van der Waals surface area contributed by atoms with Crippen LogP contribution in [0, 0.1) is 0 Å². The Bertz CT molecular complexity index is 753. The van der Waals surface area contributed by atoms with Gasteiger partial charge in [-0.1, -0.05) is 0 Å². The van der Waals surface area contributed by atoms with Crippen molar-refractivity contribution in [1.82, 2.24) is 9.29 Å². The molecule has 23 heavy (non-hydrogen) atoms. The zero-order valence-electron chi connectivity index (χ0n) is 12.8. The minimum absolute atomic E-state index is 0.179. The summed E-state index contributed by atoms with van der Waals surface area (Å²) in [5, 5.41) is 0.689. The third kappa shape index (κ3) is 3.10. The highest BCUT2D eigenvalue weighted by atomic mass is 32.2. The first-order valence-corrected chi connectivity index (χ1v) is 8.55. The van der Waals surface area contributed by atoms with Gasteiger partial charge in [0.25, 0.3) is 5.91 Å². The number of nitrogens with one attached hydrogen (secondary N) is 1. The van der Waals surface area contributed by atoms with Crippen LogP contribution in [0.15, 0.2) is 23.1 Å². The second-order valence-electron chi connectivity index (χ2n) is 5.12. The van der Waals surface area contributed by atoms with Crippen LogP contribution in [0.25, 0.3) is 10.9 Å². The van der Waals surface area contributed by atoms with Crippen LogP contribution in [-0.4, -0.2) is 52.3 Å². The molecule has 2 heterocycles. The van der Waals surface area contributed by atoms with Gasteiger partial charge in [0.05, 0.1) is 24.7 Å². The Hall–Kier alpha value is -1.90. The topological polar surface area (TPSA) is 97.7 Å². The van der Waals surface area contributed by atoms with E-state index in [1.807, 2.05) is 6.92 Å². The fraction of sp³-hybridized carbons (Fsp3) is 0.400. The van der Waals surface area contributed by atoms with Gasteiger partial charge in [0.15, 0.2) is 0 Å². The Morgan fingerprint density at radius 1 is 1.43 bits per heavy atom. The molecule has 2 aromatic rings. The second-order valence-corrected chi connectivity index (χ2v) is 6.55. The number of aromatic amines is 1. The number of carbonyl (C=O) groups excluding carboxylic acids is 1. The number of nitrogens with two attached hydrogens (primary N) is 1. The van der Waals surface area contributed by atoms with Crippen molar-refractivity contribution in [3.63, 3.8) is 0 Å². The molecule has 0 aliphatic carbocycles. The molecule has 0 spiro atoms. The van der Waals surface area contributed by atoms with Crippen molar-refractivity contribution < 1.29 is 18.5 Å². The number of ether oxygens (including phenoxy) is 2. The number of benzene rings is 1. The lowest BCUT2D eigenvalue weighted by Crippen LogP contribution is -2.38. The number of hydrogen-bond donors (Lipinski definition) is 2. The van der Waals surface area contributed by atoms with Gasteiger partial charge < -0.3 is 20.2 Å². The summed E-state index contributed by atoms with van der Waals surface area (Å²) in [7, 11) is -1.49. The van der Waals surface area contributed by atoms with Crippen molar-refractivity contribution in [3.8, 4) is 5.75 Å². The maximum atomic E-state index is 13.0. The number of amides is 1. The average Bonchev–Trinajstić information content (AvgIpc) is 2.94. The van der Waals surface area contributed by atoms with Gasteiger partial charge in [-0.05, 0) is 25.1 Å². The molecule has 8 heteroatoms. The Morgan fingerprint density at radius 3 is 2.83 bits per heavy atom. The lowest BCUT2D eigenvalue weighted by molar-refractivity contribution is 0.0752. The molecule has 7 nitrogen and oxygen atoms in total. The summed E-state index contributed by atoms with van der Waals surface area (Å²) in [4.78, 5) is 15.2. The fourth-order valence-corrected chi connectivity index (χ4v) is 4.02. The zero-order chi connectivity index (χ0) is 16.4. The summed E-state index contributed by atoms with van der Waals surface area (Å²) in [6.45, 7) is 4.54. The summed E-state index contributed by atoms with van der Waals surface area (Å²) < 4.78 is 25.6. The maximum absolute atomic E-state index is 13.0. The molecule has 0 saturated carbocycles. The SMILES string of the molecule is CCOc1ccc2[nH]c(C(N)=O)c(S(=O)N3CCOCC3)c2c1. The summed E-state index contributed by atoms with van der Waals surface area (Å²) in [6, 6.07) is 5.39. The van der Waals surface area contributed by atoms with Gasteiger partial charge in [-0.3, -0.25) is 4.79 Å². The van der Waals surface area contributed by atoms with E-state index in [0.29, 0.717) is 54.5 Å². The van der Waals surface area contributed by atoms with Gasteiger partial charge in [0, 0.05) is 24.0 Å². The van der Waals surface area contributed by atoms with Crippen molar-refractivity contribution in [3.05, 3.63) is 23.9 Å². The van der Waals surface area contributed by atoms with Crippen LogP contribution in [0.5, 0.6) is 5.75 Å². The molecule has 1 aromatic carbocycles. The molecule has 1 fully saturated rings. The Balaban J connectivity index is 2.10. The molecule has 3 N–H and O–H groups in total. The van der Waals surface area contributed by atoms with E-state index in [1.165, 1.54) is 0 Å². The summed E-state index contributed by atoms with van der Waals surface area (Å²) in [5.41, 5.74) is 6.35. The fourth-order valence-electron chi connectivity index (χ4n) is 2.60. The van der Waals surface area contributed by atoms with Crippen LogP contribution in [0.4, 0.5) is 0 Å². The van der Waals surface area contributed by atoms with E-state index < -0.39 is 16.9 Å². The normalized spacial score (nSPS) is 17.3. The lowest BCUT2D eigenvalue weighted by atomic mass is 10.2. The first-order valence-electron chi connectivity index (χ1n) is 7.44.